The molecule has 1 N–H and O–H groups in total. The number of aromatic amines is 1. The van der Waals surface area contributed by atoms with Gasteiger partial charge in [-0.25, -0.2) is 4.98 Å². The number of nitrogens with zero attached hydrogens (tertiary/aromatic N) is 3. The van der Waals surface area contributed by atoms with Crippen LogP contribution in [0.2, 0.25) is 0 Å². The maximum Gasteiger partial charge on any atom is 0.431 e. The van der Waals surface area contributed by atoms with Crippen LogP contribution in [-0.2, 0) is 19.4 Å². The maximum atomic E-state index is 13.0. The fraction of sp³-hybridized carbons (Fsp3) is 0.312. The zero-order chi connectivity index (χ0) is 20.9. The molecule has 28 heavy (non-hydrogen) atoms. The van der Waals surface area contributed by atoms with Crippen LogP contribution in [0.3, 0.4) is 0 Å². The molecule has 0 bridgehead atoms. The fourth-order valence-corrected chi connectivity index (χ4v) is 3.44. The number of pyridine rings is 2. The summed E-state index contributed by atoms with van der Waals surface area (Å²) in [4.78, 5) is 21.9. The maximum absolute atomic E-state index is 13.0. The third kappa shape index (κ3) is 3.60. The zero-order valence-corrected chi connectivity index (χ0v) is 15.2. The van der Waals surface area contributed by atoms with Gasteiger partial charge in [-0.3, -0.25) is 9.78 Å². The van der Waals surface area contributed by atoms with E-state index in [2.05, 4.69) is 9.97 Å². The molecule has 0 aliphatic heterocycles. The van der Waals surface area contributed by atoms with E-state index >= 15 is 0 Å². The lowest BCUT2D eigenvalue weighted by atomic mass is 10.2. The lowest BCUT2D eigenvalue weighted by Gasteiger charge is -2.12. The molecule has 0 saturated heterocycles. The lowest BCUT2D eigenvalue weighted by Crippen LogP contribution is -2.17. The summed E-state index contributed by atoms with van der Waals surface area (Å²) >= 11 is 1.08. The summed E-state index contributed by atoms with van der Waals surface area (Å²) < 4.78 is 78.9. The first-order valence-corrected chi connectivity index (χ1v) is 8.79. The third-order valence-corrected chi connectivity index (χ3v) is 4.77. The summed E-state index contributed by atoms with van der Waals surface area (Å²) in [6.07, 6.45) is -8.75. The average molecular weight is 422 g/mol. The van der Waals surface area contributed by atoms with Crippen molar-refractivity contribution in [3.63, 3.8) is 0 Å². The molecule has 0 saturated carbocycles. The van der Waals surface area contributed by atoms with Crippen molar-refractivity contribution in [2.24, 2.45) is 7.05 Å². The zero-order valence-electron chi connectivity index (χ0n) is 14.4. The topological polar surface area (TPSA) is 63.6 Å². The third-order valence-electron chi connectivity index (χ3n) is 3.86. The van der Waals surface area contributed by atoms with Gasteiger partial charge in [0.25, 0.3) is 5.56 Å². The molecule has 0 fully saturated rings. The molecule has 0 aliphatic rings. The predicted octanol–water partition coefficient (Wildman–Crippen LogP) is 4.47. The SMILES string of the molecule is CCSc1cc(C(F)(F)F)cnc1-c1nc2cc(C(F)(F)F)[nH]c(=O)c2n1C. The number of fused-ring (bicyclic) bond motifs is 1. The van der Waals surface area contributed by atoms with Crippen LogP contribution in [-0.4, -0.2) is 25.3 Å². The van der Waals surface area contributed by atoms with Crippen molar-refractivity contribution in [1.82, 2.24) is 19.5 Å². The number of alkyl halides is 6. The summed E-state index contributed by atoms with van der Waals surface area (Å²) in [5, 5.41) is 0. The number of aromatic nitrogens is 4. The van der Waals surface area contributed by atoms with Crippen molar-refractivity contribution < 1.29 is 26.3 Å². The highest BCUT2D eigenvalue weighted by atomic mass is 32.2. The highest BCUT2D eigenvalue weighted by molar-refractivity contribution is 7.99. The Bertz CT molecular complexity index is 1100. The van der Waals surface area contributed by atoms with Crippen molar-refractivity contribution in [3.8, 4) is 11.5 Å². The van der Waals surface area contributed by atoms with Gasteiger partial charge in [0.2, 0.25) is 0 Å². The van der Waals surface area contributed by atoms with E-state index < -0.39 is 29.2 Å². The number of nitrogens with one attached hydrogen (secondary N) is 1. The molecule has 0 aliphatic carbocycles. The van der Waals surface area contributed by atoms with Gasteiger partial charge in [0.1, 0.15) is 16.9 Å². The van der Waals surface area contributed by atoms with Crippen LogP contribution < -0.4 is 5.56 Å². The number of aryl methyl sites for hydroxylation is 1. The molecule has 3 rings (SSSR count). The van der Waals surface area contributed by atoms with Crippen molar-refractivity contribution in [2.75, 3.05) is 5.75 Å². The second-order valence-electron chi connectivity index (χ2n) is 5.74. The molecule has 0 amide bonds. The number of halogens is 6. The molecule has 5 nitrogen and oxygen atoms in total. The number of hydrogen-bond acceptors (Lipinski definition) is 4. The summed E-state index contributed by atoms with van der Waals surface area (Å²) in [5.74, 6) is 0.420. The van der Waals surface area contributed by atoms with Crippen molar-refractivity contribution >= 4 is 22.8 Å². The van der Waals surface area contributed by atoms with Gasteiger partial charge in [-0.05, 0) is 17.9 Å². The van der Waals surface area contributed by atoms with Gasteiger partial charge in [0, 0.05) is 18.1 Å². The quantitative estimate of drug-likeness (QED) is 0.500. The predicted molar refractivity (Wildman–Crippen MR) is 91.0 cm³/mol. The normalized spacial score (nSPS) is 12.7. The van der Waals surface area contributed by atoms with Gasteiger partial charge < -0.3 is 9.55 Å². The fourth-order valence-electron chi connectivity index (χ4n) is 2.64. The molecule has 0 unspecified atom stereocenters. The van der Waals surface area contributed by atoms with Crippen molar-refractivity contribution in [3.05, 3.63) is 39.9 Å². The molecule has 0 spiro atoms. The van der Waals surface area contributed by atoms with Gasteiger partial charge >= 0.3 is 12.4 Å². The smallest absolute Gasteiger partial charge is 0.321 e. The molecule has 0 aromatic carbocycles. The van der Waals surface area contributed by atoms with Crippen LogP contribution in [0, 0.1) is 0 Å². The standard InChI is InChI=1S/C16H12F6N4OS/c1-3-28-9-4-7(15(17,18)19)6-23-11(9)13-24-8-5-10(16(20,21)22)25-14(27)12(8)26(13)2/h4-6H,3H2,1-2H3,(H,25,27). The van der Waals surface area contributed by atoms with Gasteiger partial charge in [-0.1, -0.05) is 6.92 Å². The Morgan fingerprint density at radius 1 is 1.14 bits per heavy atom. The molecule has 12 heteroatoms. The van der Waals surface area contributed by atoms with Gasteiger partial charge in [0.15, 0.2) is 5.82 Å². The Balaban J connectivity index is 2.25. The van der Waals surface area contributed by atoms with Crippen LogP contribution >= 0.6 is 11.8 Å². The molecule has 3 heterocycles. The van der Waals surface area contributed by atoms with Crippen molar-refractivity contribution in [1.29, 1.82) is 0 Å². The average Bonchev–Trinajstić information content (AvgIpc) is 2.90. The first-order valence-electron chi connectivity index (χ1n) is 7.80. The number of imidazole rings is 1. The lowest BCUT2D eigenvalue weighted by molar-refractivity contribution is -0.141. The number of thioether (sulfide) groups is 1. The molecule has 3 aromatic heterocycles. The summed E-state index contributed by atoms with van der Waals surface area (Å²) in [6.45, 7) is 1.73. The molecule has 0 atom stereocenters. The molecule has 150 valence electrons. The minimum atomic E-state index is -4.78. The van der Waals surface area contributed by atoms with E-state index in [1.54, 1.807) is 11.9 Å². The van der Waals surface area contributed by atoms with Crippen LogP contribution in [0.5, 0.6) is 0 Å². The molecule has 0 radical (unpaired) electrons. The number of rotatable bonds is 3. The second-order valence-corrected chi connectivity index (χ2v) is 7.05. The van der Waals surface area contributed by atoms with E-state index in [4.69, 9.17) is 0 Å². The Kier molecular flexibility index (Phi) is 4.94. The van der Waals surface area contributed by atoms with Gasteiger partial charge in [0.05, 0.1) is 11.1 Å². The molecular formula is C16H12F6N4OS. The Hall–Kier alpha value is -2.50. The Labute approximate surface area is 157 Å². The van der Waals surface area contributed by atoms with E-state index in [1.807, 2.05) is 0 Å². The minimum absolute atomic E-state index is 0.00972. The largest absolute Gasteiger partial charge is 0.431 e. The summed E-state index contributed by atoms with van der Waals surface area (Å²) in [6, 6.07) is 1.58. The summed E-state index contributed by atoms with van der Waals surface area (Å²) in [5.41, 5.74) is -3.56. The van der Waals surface area contributed by atoms with E-state index in [0.717, 1.165) is 17.8 Å². The Morgan fingerprint density at radius 3 is 2.39 bits per heavy atom. The first-order chi connectivity index (χ1) is 12.9. The minimum Gasteiger partial charge on any atom is -0.321 e. The van der Waals surface area contributed by atoms with Crippen LogP contribution in [0.1, 0.15) is 18.2 Å². The van der Waals surface area contributed by atoms with Crippen LogP contribution in [0.25, 0.3) is 22.6 Å². The highest BCUT2D eigenvalue weighted by Gasteiger charge is 2.34. The van der Waals surface area contributed by atoms with Crippen LogP contribution in [0.15, 0.2) is 28.0 Å². The number of H-pyrrole nitrogens is 1. The van der Waals surface area contributed by atoms with E-state index in [9.17, 15) is 31.1 Å². The van der Waals surface area contributed by atoms with Gasteiger partial charge in [-0.15, -0.1) is 11.8 Å². The van der Waals surface area contributed by atoms with Crippen LogP contribution in [0.4, 0.5) is 26.3 Å². The summed E-state index contributed by atoms with van der Waals surface area (Å²) in [7, 11) is 1.38. The number of hydrogen-bond donors (Lipinski definition) is 1. The highest BCUT2D eigenvalue weighted by Crippen LogP contribution is 2.36. The first kappa shape index (κ1) is 20.2. The van der Waals surface area contributed by atoms with E-state index in [0.29, 0.717) is 18.0 Å². The molecular weight excluding hydrogens is 410 g/mol. The van der Waals surface area contributed by atoms with E-state index in [-0.39, 0.29) is 27.4 Å². The van der Waals surface area contributed by atoms with Crippen molar-refractivity contribution in [2.45, 2.75) is 24.2 Å². The van der Waals surface area contributed by atoms with Gasteiger partial charge in [-0.2, -0.15) is 26.3 Å². The monoisotopic (exact) mass is 422 g/mol. The Morgan fingerprint density at radius 2 is 1.82 bits per heavy atom. The second kappa shape index (κ2) is 6.83. The van der Waals surface area contributed by atoms with E-state index in [1.165, 1.54) is 11.6 Å². The molecule has 3 aromatic rings.